The minimum atomic E-state index is -1.12. The van der Waals surface area contributed by atoms with Crippen molar-refractivity contribution < 1.29 is 28.6 Å². The van der Waals surface area contributed by atoms with E-state index in [4.69, 9.17) is 19.2 Å². The van der Waals surface area contributed by atoms with Gasteiger partial charge in [0.05, 0.1) is 29.0 Å². The first-order chi connectivity index (χ1) is 26.1. The zero-order chi connectivity index (χ0) is 38.2. The predicted molar refractivity (Wildman–Crippen MR) is 214 cm³/mol. The van der Waals surface area contributed by atoms with Crippen molar-refractivity contribution in [1.29, 1.82) is 0 Å². The van der Waals surface area contributed by atoms with Gasteiger partial charge in [0.15, 0.2) is 0 Å². The lowest BCUT2D eigenvalue weighted by atomic mass is 9.92. The summed E-state index contributed by atoms with van der Waals surface area (Å²) < 4.78 is 18.3. The molecule has 0 spiro atoms. The lowest BCUT2D eigenvalue weighted by Gasteiger charge is -2.25. The highest BCUT2D eigenvalue weighted by Crippen LogP contribution is 2.34. The molecule has 0 aliphatic heterocycles. The van der Waals surface area contributed by atoms with Gasteiger partial charge in [0.25, 0.3) is 5.91 Å². The second kappa shape index (κ2) is 17.8. The Hall–Kier alpha value is -5.09. The Kier molecular flexibility index (Phi) is 12.7. The molecule has 6 rings (SSSR count). The lowest BCUT2D eigenvalue weighted by molar-refractivity contribution is -0.0914. The number of rotatable bonds is 13. The van der Waals surface area contributed by atoms with Crippen LogP contribution in [-0.4, -0.2) is 51.8 Å². The quantitative estimate of drug-likeness (QED) is 0.0702. The Morgan fingerprint density at radius 2 is 1.59 bits per heavy atom. The van der Waals surface area contributed by atoms with E-state index in [1.54, 1.807) is 12.1 Å². The Morgan fingerprint density at radius 1 is 0.889 bits per heavy atom. The molecule has 1 N–H and O–H groups in total. The summed E-state index contributed by atoms with van der Waals surface area (Å²) in [6.45, 7) is 7.81. The van der Waals surface area contributed by atoms with Gasteiger partial charge < -0.3 is 24.1 Å². The maximum absolute atomic E-state index is 13.6. The largest absolute Gasteiger partial charge is 0.511 e. The number of ether oxygens (including phenoxy) is 3. The molecule has 1 heterocycles. The van der Waals surface area contributed by atoms with E-state index in [0.29, 0.717) is 28.9 Å². The Labute approximate surface area is 322 Å². The lowest BCUT2D eigenvalue weighted by Crippen LogP contribution is -2.37. The molecule has 54 heavy (non-hydrogen) atoms. The minimum Gasteiger partial charge on any atom is -0.431 e. The monoisotopic (exact) mass is 747 g/mol. The summed E-state index contributed by atoms with van der Waals surface area (Å²) in [5.74, 6) is -0.0560. The number of hydrogen-bond acceptors (Lipinski definition) is 8. The van der Waals surface area contributed by atoms with Crippen LogP contribution >= 0.6 is 12.6 Å². The summed E-state index contributed by atoms with van der Waals surface area (Å²) in [6.07, 6.45) is 5.26. The van der Waals surface area contributed by atoms with Crippen molar-refractivity contribution in [2.45, 2.75) is 90.7 Å². The number of carbonyl (C=O) groups is 3. The third-order valence-electron chi connectivity index (χ3n) is 10.0. The number of esters is 1. The van der Waals surface area contributed by atoms with E-state index in [9.17, 15) is 14.4 Å². The minimum absolute atomic E-state index is 0.0865. The molecule has 0 radical (unpaired) electrons. The second-order valence-electron chi connectivity index (χ2n) is 14.4. The molecule has 1 saturated carbocycles. The van der Waals surface area contributed by atoms with Crippen LogP contribution in [0.4, 0.5) is 4.79 Å². The molecule has 4 aromatic carbocycles. The highest BCUT2D eigenvalue weighted by atomic mass is 32.1. The van der Waals surface area contributed by atoms with E-state index in [2.05, 4.69) is 60.6 Å². The van der Waals surface area contributed by atoms with Gasteiger partial charge in [0, 0.05) is 24.3 Å². The molecule has 0 bridgehead atoms. The molecule has 1 aromatic heterocycles. The zero-order valence-electron chi connectivity index (χ0n) is 31.4. The molecule has 0 saturated heterocycles. The van der Waals surface area contributed by atoms with Crippen LogP contribution in [0.2, 0.25) is 0 Å². The molecule has 10 heteroatoms. The molecule has 3 atom stereocenters. The number of thiol groups is 1. The third-order valence-corrected chi connectivity index (χ3v) is 10.4. The van der Waals surface area contributed by atoms with Crippen molar-refractivity contribution in [3.8, 4) is 11.1 Å². The molecular weight excluding hydrogens is 699 g/mol. The van der Waals surface area contributed by atoms with Crippen LogP contribution in [-0.2, 0) is 20.6 Å². The average molecular weight is 748 g/mol. The number of imidazole rings is 1. The summed E-state index contributed by atoms with van der Waals surface area (Å²) in [5, 5.41) is 3.18. The molecule has 1 amide bonds. The predicted octanol–water partition coefficient (Wildman–Crippen LogP) is 9.52. The van der Waals surface area contributed by atoms with Gasteiger partial charge in [-0.2, -0.15) is 12.6 Å². The van der Waals surface area contributed by atoms with E-state index in [0.717, 1.165) is 65.4 Å². The SMILES string of the molecule is Cc1cc(C(=O)N[C@@H](CS)Cc2ccccc2)cc2c1ncn2C(c1ccc(-c2ccccc2C(=O)OC(C)OC(=O)OC2CCCCC2)cc1)C(C)C. The zero-order valence-corrected chi connectivity index (χ0v) is 32.3. The first kappa shape index (κ1) is 38.6. The summed E-state index contributed by atoms with van der Waals surface area (Å²) in [7, 11) is 0. The van der Waals surface area contributed by atoms with Gasteiger partial charge in [-0.15, -0.1) is 0 Å². The number of fused-ring (bicyclic) bond motifs is 1. The fraction of sp³-hybridized carbons (Fsp3) is 0.364. The highest BCUT2D eigenvalue weighted by Gasteiger charge is 2.25. The number of nitrogens with zero attached hydrogens (tertiary/aromatic N) is 2. The fourth-order valence-electron chi connectivity index (χ4n) is 7.35. The molecule has 2 unspecified atom stereocenters. The smallest absolute Gasteiger partial charge is 0.431 e. The van der Waals surface area contributed by atoms with Gasteiger partial charge >= 0.3 is 12.1 Å². The molecule has 1 fully saturated rings. The van der Waals surface area contributed by atoms with Crippen LogP contribution < -0.4 is 5.32 Å². The van der Waals surface area contributed by atoms with E-state index in [-0.39, 0.29) is 30.0 Å². The van der Waals surface area contributed by atoms with E-state index < -0.39 is 18.4 Å². The fourth-order valence-corrected chi connectivity index (χ4v) is 7.57. The van der Waals surface area contributed by atoms with E-state index in [1.165, 1.54) is 6.92 Å². The van der Waals surface area contributed by atoms with Gasteiger partial charge in [-0.25, -0.2) is 14.6 Å². The molecule has 9 nitrogen and oxygen atoms in total. The standard InChI is InChI=1S/C44H49N3O6S/c1-28(2)41(47-27-45-40-29(3)23-34(25-39(40)47)42(48)46-35(26-54)24-31-13-7-5-8-14-31)33-21-19-32(20-22-33)37-17-11-12-18-38(37)43(49)51-30(4)52-44(50)53-36-15-9-6-10-16-36/h5,7-8,11-14,17-23,25,27-28,30,35-36,41,54H,6,9-10,15-16,24,26H2,1-4H3,(H,46,48)/t30?,35-,41?/m1/s1. The van der Waals surface area contributed by atoms with Crippen molar-refractivity contribution in [1.82, 2.24) is 14.9 Å². The average Bonchev–Trinajstić information content (AvgIpc) is 3.59. The number of benzene rings is 4. The number of aryl methyl sites for hydroxylation is 1. The molecule has 282 valence electrons. The Morgan fingerprint density at radius 3 is 2.30 bits per heavy atom. The van der Waals surface area contributed by atoms with E-state index >= 15 is 0 Å². The van der Waals surface area contributed by atoms with Gasteiger partial charge in [-0.1, -0.05) is 93.1 Å². The van der Waals surface area contributed by atoms with Crippen LogP contribution in [0, 0.1) is 12.8 Å². The number of amides is 1. The maximum atomic E-state index is 13.6. The topological polar surface area (TPSA) is 109 Å². The summed E-state index contributed by atoms with van der Waals surface area (Å²) >= 11 is 4.52. The first-order valence-corrected chi connectivity index (χ1v) is 19.4. The van der Waals surface area contributed by atoms with Crippen LogP contribution in [0.25, 0.3) is 22.2 Å². The first-order valence-electron chi connectivity index (χ1n) is 18.8. The summed E-state index contributed by atoms with van der Waals surface area (Å²) in [4.78, 5) is 44.0. The molecule has 5 aromatic rings. The Balaban J connectivity index is 1.19. The number of hydrogen-bond donors (Lipinski definition) is 2. The number of carbonyl (C=O) groups excluding carboxylic acids is 3. The van der Waals surface area contributed by atoms with Crippen LogP contribution in [0.15, 0.2) is 97.3 Å². The van der Waals surface area contributed by atoms with Gasteiger partial charge in [-0.05, 0) is 91.0 Å². The van der Waals surface area contributed by atoms with Crippen molar-refractivity contribution in [3.63, 3.8) is 0 Å². The van der Waals surface area contributed by atoms with Crippen molar-refractivity contribution in [2.24, 2.45) is 5.92 Å². The van der Waals surface area contributed by atoms with Crippen LogP contribution in [0.5, 0.6) is 0 Å². The Bertz CT molecular complexity index is 2060. The van der Waals surface area contributed by atoms with Crippen molar-refractivity contribution in [3.05, 3.63) is 125 Å². The molecule has 1 aliphatic rings. The summed E-state index contributed by atoms with van der Waals surface area (Å²) in [5.41, 5.74) is 7.29. The van der Waals surface area contributed by atoms with Crippen LogP contribution in [0.3, 0.4) is 0 Å². The van der Waals surface area contributed by atoms with E-state index in [1.807, 2.05) is 67.8 Å². The summed E-state index contributed by atoms with van der Waals surface area (Å²) in [6, 6.07) is 29.0. The van der Waals surface area contributed by atoms with Crippen molar-refractivity contribution in [2.75, 3.05) is 5.75 Å². The molecular formula is C44H49N3O6S. The molecule has 1 aliphatic carbocycles. The van der Waals surface area contributed by atoms with Gasteiger partial charge in [-0.3, -0.25) is 4.79 Å². The number of aromatic nitrogens is 2. The van der Waals surface area contributed by atoms with Gasteiger partial charge in [0.2, 0.25) is 6.29 Å². The van der Waals surface area contributed by atoms with Gasteiger partial charge in [0.1, 0.15) is 6.10 Å². The second-order valence-corrected chi connectivity index (χ2v) is 14.8. The van der Waals surface area contributed by atoms with Crippen molar-refractivity contribution >= 4 is 41.7 Å². The maximum Gasteiger partial charge on any atom is 0.511 e. The normalized spacial score (nSPS) is 15.0. The van der Waals surface area contributed by atoms with Crippen LogP contribution in [0.1, 0.15) is 96.3 Å². The third kappa shape index (κ3) is 9.34. The highest BCUT2D eigenvalue weighted by molar-refractivity contribution is 7.80. The number of nitrogens with one attached hydrogen (secondary N) is 1.